The van der Waals surface area contributed by atoms with E-state index < -0.39 is 0 Å². The molecule has 0 spiro atoms. The molecule has 0 saturated carbocycles. The summed E-state index contributed by atoms with van der Waals surface area (Å²) in [6.45, 7) is 4.61. The zero-order valence-electron chi connectivity index (χ0n) is 14.5. The predicted molar refractivity (Wildman–Crippen MR) is 111 cm³/mol. The molecule has 3 nitrogen and oxygen atoms in total. The Morgan fingerprint density at radius 2 is 1.62 bits per heavy atom. The molecule has 0 unspecified atom stereocenters. The van der Waals surface area contributed by atoms with E-state index in [4.69, 9.17) is 27.4 Å². The highest BCUT2D eigenvalue weighted by atomic mass is 32.1. The molecule has 0 amide bonds. The van der Waals surface area contributed by atoms with Crippen molar-refractivity contribution in [3.63, 3.8) is 0 Å². The van der Waals surface area contributed by atoms with Crippen LogP contribution < -0.4 is 15.2 Å². The van der Waals surface area contributed by atoms with E-state index in [0.29, 0.717) is 24.0 Å². The minimum Gasteiger partial charge on any atom is -0.490 e. The molecule has 0 atom stereocenters. The van der Waals surface area contributed by atoms with Gasteiger partial charge in [0, 0.05) is 0 Å². The third-order valence-electron chi connectivity index (χ3n) is 4.07. The first kappa shape index (κ1) is 18.0. The van der Waals surface area contributed by atoms with Gasteiger partial charge >= 0.3 is 0 Å². The third kappa shape index (κ3) is 4.03. The van der Waals surface area contributed by atoms with Gasteiger partial charge in [-0.15, -0.1) is 6.58 Å². The van der Waals surface area contributed by atoms with Crippen molar-refractivity contribution in [1.82, 2.24) is 0 Å². The molecule has 3 aromatic rings. The molecule has 0 bridgehead atoms. The summed E-state index contributed by atoms with van der Waals surface area (Å²) in [6.07, 6.45) is 2.63. The Kier molecular flexibility index (Phi) is 5.87. The van der Waals surface area contributed by atoms with Crippen LogP contribution in [-0.2, 0) is 6.42 Å². The average Bonchev–Trinajstić information content (AvgIpc) is 2.66. The topological polar surface area (TPSA) is 44.5 Å². The molecule has 0 aliphatic carbocycles. The van der Waals surface area contributed by atoms with Gasteiger partial charge in [0.2, 0.25) is 0 Å². The largest absolute Gasteiger partial charge is 0.490 e. The maximum atomic E-state index is 5.94. The minimum absolute atomic E-state index is 0.328. The van der Waals surface area contributed by atoms with E-state index in [0.717, 1.165) is 34.1 Å². The maximum Gasteiger partial charge on any atom is 0.130 e. The van der Waals surface area contributed by atoms with Gasteiger partial charge in [-0.05, 0) is 34.9 Å². The van der Waals surface area contributed by atoms with Crippen molar-refractivity contribution in [1.29, 1.82) is 0 Å². The normalized spacial score (nSPS) is 10.5. The van der Waals surface area contributed by atoms with Crippen molar-refractivity contribution < 1.29 is 9.47 Å². The number of allylic oxidation sites excluding steroid dienone is 1. The summed E-state index contributed by atoms with van der Waals surface area (Å²) in [7, 11) is 0. The van der Waals surface area contributed by atoms with Crippen LogP contribution in [0.5, 0.6) is 11.5 Å². The van der Waals surface area contributed by atoms with Gasteiger partial charge in [0.1, 0.15) is 29.7 Å². The highest BCUT2D eigenvalue weighted by molar-refractivity contribution is 7.80. The second-order valence-electron chi connectivity index (χ2n) is 5.82. The molecule has 132 valence electrons. The third-order valence-corrected chi connectivity index (χ3v) is 4.28. The SMILES string of the molecule is C=CCc1ccccc1OCCOc1ccc2ccccc2c1C(N)=S. The molecule has 0 fully saturated rings. The molecule has 26 heavy (non-hydrogen) atoms. The lowest BCUT2D eigenvalue weighted by molar-refractivity contribution is 0.216. The van der Waals surface area contributed by atoms with Crippen LogP contribution in [0.15, 0.2) is 73.3 Å². The Bertz CT molecular complexity index is 936. The van der Waals surface area contributed by atoms with E-state index >= 15 is 0 Å². The van der Waals surface area contributed by atoms with Crippen LogP contribution in [0.4, 0.5) is 0 Å². The Balaban J connectivity index is 1.70. The van der Waals surface area contributed by atoms with Gasteiger partial charge in [0.25, 0.3) is 0 Å². The van der Waals surface area contributed by atoms with Gasteiger partial charge in [-0.2, -0.15) is 0 Å². The molecule has 0 aliphatic rings. The predicted octanol–water partition coefficient (Wildman–Crippen LogP) is 4.66. The summed E-state index contributed by atoms with van der Waals surface area (Å²) in [6, 6.07) is 19.8. The van der Waals surface area contributed by atoms with Crippen molar-refractivity contribution >= 4 is 28.0 Å². The molecule has 3 rings (SSSR count). The smallest absolute Gasteiger partial charge is 0.130 e. The van der Waals surface area contributed by atoms with Gasteiger partial charge < -0.3 is 15.2 Å². The molecule has 4 heteroatoms. The second-order valence-corrected chi connectivity index (χ2v) is 6.26. The van der Waals surface area contributed by atoms with Crippen LogP contribution >= 0.6 is 12.2 Å². The van der Waals surface area contributed by atoms with Crippen LogP contribution in [0.2, 0.25) is 0 Å². The number of fused-ring (bicyclic) bond motifs is 1. The van der Waals surface area contributed by atoms with Crippen LogP contribution in [0.3, 0.4) is 0 Å². The van der Waals surface area contributed by atoms with Gasteiger partial charge in [0.15, 0.2) is 0 Å². The lowest BCUT2D eigenvalue weighted by Gasteiger charge is -2.14. The van der Waals surface area contributed by atoms with Gasteiger partial charge in [-0.1, -0.05) is 66.8 Å². The van der Waals surface area contributed by atoms with E-state index in [9.17, 15) is 0 Å². The Morgan fingerprint density at radius 1 is 0.923 bits per heavy atom. The lowest BCUT2D eigenvalue weighted by atomic mass is 10.0. The molecule has 0 aromatic heterocycles. The maximum absolute atomic E-state index is 5.94. The first-order valence-corrected chi connectivity index (χ1v) is 8.87. The summed E-state index contributed by atoms with van der Waals surface area (Å²) < 4.78 is 11.8. The number of thiocarbonyl (C=S) groups is 1. The van der Waals surface area contributed by atoms with Crippen molar-refractivity contribution in [3.8, 4) is 11.5 Å². The van der Waals surface area contributed by atoms with Crippen LogP contribution in [-0.4, -0.2) is 18.2 Å². The van der Waals surface area contributed by atoms with Gasteiger partial charge in [0.05, 0.1) is 5.56 Å². The molecular weight excluding hydrogens is 342 g/mol. The Labute approximate surface area is 159 Å². The van der Waals surface area contributed by atoms with E-state index in [1.807, 2.05) is 66.7 Å². The summed E-state index contributed by atoms with van der Waals surface area (Å²) >= 11 is 5.24. The number of benzene rings is 3. The van der Waals surface area contributed by atoms with Gasteiger partial charge in [-0.25, -0.2) is 0 Å². The van der Waals surface area contributed by atoms with E-state index in [1.54, 1.807) is 0 Å². The zero-order valence-corrected chi connectivity index (χ0v) is 15.3. The Hall–Kier alpha value is -2.85. The fourth-order valence-corrected chi connectivity index (χ4v) is 3.11. The molecule has 0 saturated heterocycles. The minimum atomic E-state index is 0.328. The van der Waals surface area contributed by atoms with Crippen LogP contribution in [0.1, 0.15) is 11.1 Å². The van der Waals surface area contributed by atoms with E-state index in [2.05, 4.69) is 6.58 Å². The van der Waals surface area contributed by atoms with Gasteiger partial charge in [-0.3, -0.25) is 0 Å². The van der Waals surface area contributed by atoms with Crippen molar-refractivity contribution in [2.24, 2.45) is 5.73 Å². The van der Waals surface area contributed by atoms with Crippen LogP contribution in [0.25, 0.3) is 10.8 Å². The first-order valence-electron chi connectivity index (χ1n) is 8.46. The summed E-state index contributed by atoms with van der Waals surface area (Å²) in [5.41, 5.74) is 7.82. The molecular formula is C22H21NO2S. The number of nitrogens with two attached hydrogens (primary N) is 1. The van der Waals surface area contributed by atoms with Crippen molar-refractivity contribution in [2.75, 3.05) is 13.2 Å². The molecule has 2 N–H and O–H groups in total. The van der Waals surface area contributed by atoms with Crippen molar-refractivity contribution in [3.05, 3.63) is 84.4 Å². The number of hydrogen-bond acceptors (Lipinski definition) is 3. The van der Waals surface area contributed by atoms with E-state index in [-0.39, 0.29) is 0 Å². The number of rotatable bonds is 8. The molecule has 3 aromatic carbocycles. The summed E-state index contributed by atoms with van der Waals surface area (Å²) in [4.78, 5) is 0.328. The average molecular weight is 363 g/mol. The molecule has 0 aliphatic heterocycles. The Morgan fingerprint density at radius 3 is 2.38 bits per heavy atom. The fraction of sp³-hybridized carbons (Fsp3) is 0.136. The van der Waals surface area contributed by atoms with Crippen LogP contribution in [0, 0.1) is 0 Å². The molecule has 0 heterocycles. The first-order chi connectivity index (χ1) is 12.7. The number of ether oxygens (including phenoxy) is 2. The molecule has 0 radical (unpaired) electrons. The second kappa shape index (κ2) is 8.50. The number of hydrogen-bond donors (Lipinski definition) is 1. The highest BCUT2D eigenvalue weighted by Gasteiger charge is 2.11. The van der Waals surface area contributed by atoms with E-state index in [1.165, 1.54) is 0 Å². The lowest BCUT2D eigenvalue weighted by Crippen LogP contribution is -2.15. The zero-order chi connectivity index (χ0) is 18.4. The monoisotopic (exact) mass is 363 g/mol. The number of para-hydroxylation sites is 1. The summed E-state index contributed by atoms with van der Waals surface area (Å²) in [5, 5.41) is 2.08. The fourth-order valence-electron chi connectivity index (χ4n) is 2.90. The standard InChI is InChI=1S/C22H21NO2S/c1-2-7-17-9-4-6-11-19(17)24-14-15-25-20-13-12-16-8-3-5-10-18(16)21(20)22(23)26/h2-6,8-13H,1,7,14-15H2,(H2,23,26). The highest BCUT2D eigenvalue weighted by Crippen LogP contribution is 2.28. The summed E-state index contributed by atoms with van der Waals surface area (Å²) in [5.74, 6) is 1.53. The quantitative estimate of drug-likeness (QED) is 0.359. The van der Waals surface area contributed by atoms with Crippen molar-refractivity contribution in [2.45, 2.75) is 6.42 Å².